The topological polar surface area (TPSA) is 63.9 Å². The van der Waals surface area contributed by atoms with Crippen LogP contribution in [0.3, 0.4) is 0 Å². The number of hydrogen-bond acceptors (Lipinski definition) is 4. The van der Waals surface area contributed by atoms with Crippen molar-refractivity contribution in [2.24, 2.45) is 0 Å². The number of carbonyl (C=O) groups is 1. The summed E-state index contributed by atoms with van der Waals surface area (Å²) in [5, 5.41) is 0. The van der Waals surface area contributed by atoms with Gasteiger partial charge >= 0.3 is 0 Å². The first kappa shape index (κ1) is 20.3. The molecule has 1 amide bonds. The van der Waals surface area contributed by atoms with Gasteiger partial charge in [-0.25, -0.2) is 9.97 Å². The first-order valence-corrected chi connectivity index (χ1v) is 10.8. The van der Waals surface area contributed by atoms with Crippen molar-refractivity contribution in [3.05, 3.63) is 72.2 Å². The van der Waals surface area contributed by atoms with Crippen LogP contribution in [0.25, 0.3) is 5.82 Å². The van der Waals surface area contributed by atoms with Crippen LogP contribution in [0.15, 0.2) is 55.1 Å². The maximum Gasteiger partial charge on any atom is 0.223 e. The fourth-order valence-corrected chi connectivity index (χ4v) is 4.19. The van der Waals surface area contributed by atoms with Crippen LogP contribution in [0, 0.1) is 0 Å². The van der Waals surface area contributed by atoms with Crippen molar-refractivity contribution in [2.75, 3.05) is 6.54 Å². The van der Waals surface area contributed by atoms with E-state index in [1.165, 1.54) is 5.56 Å². The van der Waals surface area contributed by atoms with Crippen molar-refractivity contribution in [3.8, 4) is 5.82 Å². The van der Waals surface area contributed by atoms with Crippen molar-refractivity contribution in [1.82, 2.24) is 24.4 Å². The average molecular weight is 404 g/mol. The number of amides is 1. The molecule has 1 aliphatic rings. The van der Waals surface area contributed by atoms with E-state index < -0.39 is 0 Å². The van der Waals surface area contributed by atoms with E-state index in [4.69, 9.17) is 4.98 Å². The van der Waals surface area contributed by atoms with Gasteiger partial charge in [0.2, 0.25) is 5.91 Å². The first-order valence-electron chi connectivity index (χ1n) is 10.8. The Morgan fingerprint density at radius 1 is 1.20 bits per heavy atom. The van der Waals surface area contributed by atoms with Gasteiger partial charge in [0.25, 0.3) is 0 Å². The van der Waals surface area contributed by atoms with Crippen LogP contribution >= 0.6 is 0 Å². The molecule has 3 heterocycles. The number of hydrogen-bond donors (Lipinski definition) is 0. The van der Waals surface area contributed by atoms with E-state index in [1.54, 1.807) is 18.6 Å². The predicted octanol–water partition coefficient (Wildman–Crippen LogP) is 4.47. The minimum absolute atomic E-state index is 0.00713. The Hall–Kier alpha value is -3.02. The molecule has 1 saturated heterocycles. The molecule has 30 heavy (non-hydrogen) atoms. The Kier molecular flexibility index (Phi) is 6.21. The molecule has 0 saturated carbocycles. The Labute approximate surface area is 178 Å². The Morgan fingerprint density at radius 3 is 2.83 bits per heavy atom. The van der Waals surface area contributed by atoms with Gasteiger partial charge in [0.1, 0.15) is 5.82 Å². The quantitative estimate of drug-likeness (QED) is 0.584. The summed E-state index contributed by atoms with van der Waals surface area (Å²) in [5.41, 5.74) is 2.15. The second-order valence-corrected chi connectivity index (χ2v) is 8.20. The Bertz CT molecular complexity index is 982. The lowest BCUT2D eigenvalue weighted by molar-refractivity contribution is -0.132. The van der Waals surface area contributed by atoms with E-state index >= 15 is 0 Å². The average Bonchev–Trinajstić information content (AvgIpc) is 3.44. The molecule has 2 aromatic heterocycles. The summed E-state index contributed by atoms with van der Waals surface area (Å²) in [6.07, 6.45) is 11.6. The van der Waals surface area contributed by atoms with E-state index in [-0.39, 0.29) is 11.9 Å². The molecule has 3 aromatic rings. The molecular formula is C24H29N5O. The number of carbonyl (C=O) groups excluding carboxylic acids is 1. The molecule has 156 valence electrons. The van der Waals surface area contributed by atoms with Gasteiger partial charge in [0.05, 0.1) is 24.1 Å². The number of likely N-dealkylation sites (tertiary alicyclic amines) is 1. The van der Waals surface area contributed by atoms with Crippen molar-refractivity contribution < 1.29 is 4.79 Å². The lowest BCUT2D eigenvalue weighted by atomic mass is 10.1. The zero-order chi connectivity index (χ0) is 20.9. The molecule has 0 unspecified atom stereocenters. The summed E-state index contributed by atoms with van der Waals surface area (Å²) >= 11 is 0. The zero-order valence-corrected chi connectivity index (χ0v) is 17.7. The molecule has 6 nitrogen and oxygen atoms in total. The highest BCUT2D eigenvalue weighted by molar-refractivity contribution is 5.77. The van der Waals surface area contributed by atoms with Crippen molar-refractivity contribution in [2.45, 2.75) is 57.9 Å². The number of imidazole rings is 1. The molecule has 1 atom stereocenters. The minimum atomic E-state index is 0.00713. The predicted molar refractivity (Wildman–Crippen MR) is 116 cm³/mol. The van der Waals surface area contributed by atoms with Crippen molar-refractivity contribution in [3.63, 3.8) is 0 Å². The molecule has 0 N–H and O–H groups in total. The summed E-state index contributed by atoms with van der Waals surface area (Å²) in [7, 11) is 0. The third kappa shape index (κ3) is 4.42. The number of nitrogens with zero attached hydrogens (tertiary/aromatic N) is 5. The van der Waals surface area contributed by atoms with Crippen LogP contribution in [-0.4, -0.2) is 36.9 Å². The van der Waals surface area contributed by atoms with Gasteiger partial charge in [0.15, 0.2) is 5.82 Å². The van der Waals surface area contributed by atoms with E-state index in [0.29, 0.717) is 12.3 Å². The van der Waals surface area contributed by atoms with E-state index in [1.807, 2.05) is 33.9 Å². The van der Waals surface area contributed by atoms with Crippen LogP contribution < -0.4 is 0 Å². The highest BCUT2D eigenvalue weighted by Gasteiger charge is 2.31. The van der Waals surface area contributed by atoms with Gasteiger partial charge in [-0.1, -0.05) is 44.2 Å². The lowest BCUT2D eigenvalue weighted by Gasteiger charge is -2.24. The fourth-order valence-electron chi connectivity index (χ4n) is 4.19. The second kappa shape index (κ2) is 9.20. The van der Waals surface area contributed by atoms with E-state index in [2.05, 4.69) is 35.9 Å². The molecule has 4 rings (SSSR count). The molecule has 1 fully saturated rings. The van der Waals surface area contributed by atoms with Gasteiger partial charge in [-0.15, -0.1) is 0 Å². The number of benzene rings is 1. The molecule has 0 bridgehead atoms. The summed E-state index contributed by atoms with van der Waals surface area (Å²) in [6, 6.07) is 10.4. The van der Waals surface area contributed by atoms with Crippen LogP contribution in [0.4, 0.5) is 0 Å². The molecule has 1 aromatic carbocycles. The third-order valence-corrected chi connectivity index (χ3v) is 5.69. The summed E-state index contributed by atoms with van der Waals surface area (Å²) < 4.78 is 1.99. The third-order valence-electron chi connectivity index (χ3n) is 5.69. The van der Waals surface area contributed by atoms with E-state index in [0.717, 1.165) is 49.6 Å². The van der Waals surface area contributed by atoms with Crippen LogP contribution in [0.2, 0.25) is 0 Å². The van der Waals surface area contributed by atoms with Crippen LogP contribution in [0.5, 0.6) is 0 Å². The minimum Gasteiger partial charge on any atom is -0.334 e. The SMILES string of the molecule is CC(C)c1nccn1-c1cncc([C@@H]2CCCN2C(=O)CCCc2ccccc2)n1. The summed E-state index contributed by atoms with van der Waals surface area (Å²) in [6.45, 7) is 5.02. The van der Waals surface area contributed by atoms with Crippen molar-refractivity contribution in [1.29, 1.82) is 0 Å². The van der Waals surface area contributed by atoms with Crippen LogP contribution in [0.1, 0.15) is 68.6 Å². The number of rotatable bonds is 7. The molecule has 1 aliphatic heterocycles. The van der Waals surface area contributed by atoms with Gasteiger partial charge in [-0.05, 0) is 31.2 Å². The van der Waals surface area contributed by atoms with E-state index in [9.17, 15) is 4.79 Å². The smallest absolute Gasteiger partial charge is 0.223 e. The standard InChI is InChI=1S/C24H29N5O/c1-18(2)24-26-13-15-29(24)22-17-25-16-20(27-22)21-11-7-14-28(21)23(30)12-6-10-19-8-4-3-5-9-19/h3-5,8-9,13,15-18,21H,6-7,10-12,14H2,1-2H3/t21-/m0/s1. The number of aryl methyl sites for hydroxylation is 1. The largest absolute Gasteiger partial charge is 0.334 e. The molecule has 0 radical (unpaired) electrons. The highest BCUT2D eigenvalue weighted by Crippen LogP contribution is 2.32. The fraction of sp³-hybridized carbons (Fsp3) is 0.417. The normalized spacial score (nSPS) is 16.4. The van der Waals surface area contributed by atoms with Crippen molar-refractivity contribution >= 4 is 5.91 Å². The molecule has 6 heteroatoms. The Balaban J connectivity index is 1.45. The van der Waals surface area contributed by atoms with Gasteiger partial charge in [-0.3, -0.25) is 14.3 Å². The maximum absolute atomic E-state index is 12.9. The Morgan fingerprint density at radius 2 is 2.03 bits per heavy atom. The van der Waals surface area contributed by atoms with Gasteiger partial charge < -0.3 is 4.90 Å². The monoisotopic (exact) mass is 403 g/mol. The lowest BCUT2D eigenvalue weighted by Crippen LogP contribution is -2.31. The van der Waals surface area contributed by atoms with Crippen LogP contribution in [-0.2, 0) is 11.2 Å². The zero-order valence-electron chi connectivity index (χ0n) is 17.7. The molecule has 0 aliphatic carbocycles. The van der Waals surface area contributed by atoms with Gasteiger partial charge in [-0.2, -0.15) is 0 Å². The maximum atomic E-state index is 12.9. The van der Waals surface area contributed by atoms with Gasteiger partial charge in [0, 0.05) is 31.3 Å². The second-order valence-electron chi connectivity index (χ2n) is 8.20. The summed E-state index contributed by atoms with van der Waals surface area (Å²) in [4.78, 5) is 28.7. The molecular weight excluding hydrogens is 374 g/mol. The number of aromatic nitrogens is 4. The summed E-state index contributed by atoms with van der Waals surface area (Å²) in [5.74, 6) is 2.23. The highest BCUT2D eigenvalue weighted by atomic mass is 16.2. The molecule has 0 spiro atoms. The first-order chi connectivity index (χ1) is 14.6.